The van der Waals surface area contributed by atoms with Gasteiger partial charge in [-0.1, -0.05) is 11.6 Å². The minimum absolute atomic E-state index is 0.183. The molecule has 0 aromatic carbocycles. The van der Waals surface area contributed by atoms with Crippen molar-refractivity contribution in [3.8, 4) is 0 Å². The summed E-state index contributed by atoms with van der Waals surface area (Å²) in [6, 6.07) is 0.913. The van der Waals surface area contributed by atoms with Crippen LogP contribution < -0.4 is 5.14 Å². The van der Waals surface area contributed by atoms with Gasteiger partial charge in [-0.2, -0.15) is 0 Å². The quantitative estimate of drug-likeness (QED) is 0.818. The van der Waals surface area contributed by atoms with Gasteiger partial charge in [0.15, 0.2) is 5.03 Å². The van der Waals surface area contributed by atoms with Gasteiger partial charge in [-0.25, -0.2) is 27.3 Å². The number of alkyl halides is 2. The van der Waals surface area contributed by atoms with Crippen molar-refractivity contribution < 1.29 is 17.2 Å². The molecule has 0 atom stereocenters. The molecule has 0 amide bonds. The van der Waals surface area contributed by atoms with Gasteiger partial charge in [0.1, 0.15) is 5.15 Å². The van der Waals surface area contributed by atoms with Gasteiger partial charge < -0.3 is 0 Å². The van der Waals surface area contributed by atoms with Crippen molar-refractivity contribution in [1.82, 2.24) is 4.98 Å². The Balaban J connectivity index is 3.56. The molecule has 1 rings (SSSR count). The predicted molar refractivity (Wildman–Crippen MR) is 50.3 cm³/mol. The lowest BCUT2D eigenvalue weighted by molar-refractivity contribution is 0.150. The highest BCUT2D eigenvalue weighted by Crippen LogP contribution is 2.27. The van der Waals surface area contributed by atoms with E-state index in [1.165, 1.54) is 6.92 Å². The van der Waals surface area contributed by atoms with Gasteiger partial charge in [0.25, 0.3) is 16.4 Å². The van der Waals surface area contributed by atoms with Crippen LogP contribution in [0.25, 0.3) is 0 Å². The molecule has 0 unspecified atom stereocenters. The van der Waals surface area contributed by atoms with E-state index in [1.54, 1.807) is 0 Å². The zero-order valence-electron chi connectivity index (χ0n) is 7.54. The summed E-state index contributed by atoms with van der Waals surface area (Å²) in [4.78, 5) is 3.41. The van der Waals surface area contributed by atoms with Gasteiger partial charge in [0, 0.05) is 5.56 Å². The molecule has 0 aliphatic carbocycles. The van der Waals surface area contributed by atoms with Gasteiger partial charge >= 0.3 is 0 Å². The third-order valence-corrected chi connectivity index (χ3v) is 2.87. The second-order valence-corrected chi connectivity index (χ2v) is 4.67. The number of nitrogens with zero attached hydrogens (tertiary/aromatic N) is 1. The zero-order valence-corrected chi connectivity index (χ0v) is 9.11. The van der Waals surface area contributed by atoms with Crippen molar-refractivity contribution in [2.45, 2.75) is 18.4 Å². The first-order valence-electron chi connectivity index (χ1n) is 3.71. The van der Waals surface area contributed by atoms with E-state index in [9.17, 15) is 17.2 Å². The number of halogens is 3. The molecular weight excluding hydrogens is 250 g/mol. The SMILES string of the molecule is Cc1c(C(F)F)cc(Cl)nc1S(N)(=O)=O. The fourth-order valence-electron chi connectivity index (χ4n) is 1.08. The monoisotopic (exact) mass is 256 g/mol. The molecule has 0 fully saturated rings. The number of hydrogen-bond acceptors (Lipinski definition) is 3. The van der Waals surface area contributed by atoms with Crippen molar-refractivity contribution in [1.29, 1.82) is 0 Å². The van der Waals surface area contributed by atoms with Gasteiger partial charge in [-0.15, -0.1) is 0 Å². The summed E-state index contributed by atoms with van der Waals surface area (Å²) in [5, 5.41) is 3.85. The number of rotatable bonds is 2. The molecule has 0 aliphatic rings. The van der Waals surface area contributed by atoms with Crippen LogP contribution in [0.2, 0.25) is 5.15 Å². The van der Waals surface area contributed by atoms with E-state index in [-0.39, 0.29) is 10.7 Å². The number of nitrogens with two attached hydrogens (primary N) is 1. The van der Waals surface area contributed by atoms with E-state index < -0.39 is 27.0 Å². The summed E-state index contributed by atoms with van der Waals surface area (Å²) in [5.41, 5.74) is -0.670. The third kappa shape index (κ3) is 2.61. The van der Waals surface area contributed by atoms with Crippen molar-refractivity contribution in [3.05, 3.63) is 22.3 Å². The van der Waals surface area contributed by atoms with E-state index in [1.807, 2.05) is 0 Å². The molecular formula is C7H7ClF2N2O2S. The Labute approximate surface area is 90.1 Å². The molecule has 1 aromatic heterocycles. The van der Waals surface area contributed by atoms with Crippen molar-refractivity contribution in [3.63, 3.8) is 0 Å². The molecule has 0 spiro atoms. The first-order valence-corrected chi connectivity index (χ1v) is 5.64. The highest BCUT2D eigenvalue weighted by molar-refractivity contribution is 7.89. The van der Waals surface area contributed by atoms with E-state index >= 15 is 0 Å². The minimum Gasteiger partial charge on any atom is -0.223 e. The Morgan fingerprint density at radius 3 is 2.47 bits per heavy atom. The van der Waals surface area contributed by atoms with Gasteiger partial charge in [-0.05, 0) is 18.6 Å². The summed E-state index contributed by atoms with van der Waals surface area (Å²) < 4.78 is 46.9. The average Bonchev–Trinajstić information content (AvgIpc) is 2.06. The van der Waals surface area contributed by atoms with Crippen LogP contribution in [0.1, 0.15) is 17.6 Å². The summed E-state index contributed by atoms with van der Waals surface area (Å²) in [6.45, 7) is 1.20. The summed E-state index contributed by atoms with van der Waals surface area (Å²) in [7, 11) is -4.14. The fourth-order valence-corrected chi connectivity index (χ4v) is 2.10. The molecule has 0 bridgehead atoms. The number of pyridine rings is 1. The second kappa shape index (κ2) is 3.99. The summed E-state index contributed by atoms with van der Waals surface area (Å²) >= 11 is 5.41. The van der Waals surface area contributed by atoms with Crippen LogP contribution in [0.15, 0.2) is 11.1 Å². The average molecular weight is 257 g/mol. The van der Waals surface area contributed by atoms with Crippen LogP contribution in [0.3, 0.4) is 0 Å². The van der Waals surface area contributed by atoms with Crippen LogP contribution in [0, 0.1) is 6.92 Å². The molecule has 2 N–H and O–H groups in total. The first kappa shape index (κ1) is 12.3. The number of hydrogen-bond donors (Lipinski definition) is 1. The van der Waals surface area contributed by atoms with Crippen molar-refractivity contribution >= 4 is 21.6 Å². The van der Waals surface area contributed by atoms with E-state index in [0.29, 0.717) is 0 Å². The number of primary sulfonamides is 1. The smallest absolute Gasteiger partial charge is 0.223 e. The minimum atomic E-state index is -4.14. The first-order chi connectivity index (χ1) is 6.73. The zero-order chi connectivity index (χ0) is 11.8. The fraction of sp³-hybridized carbons (Fsp3) is 0.286. The second-order valence-electron chi connectivity index (χ2n) is 2.81. The molecule has 0 saturated carbocycles. The lowest BCUT2D eigenvalue weighted by atomic mass is 10.2. The maximum absolute atomic E-state index is 12.5. The Hall–Kier alpha value is -0.790. The Morgan fingerprint density at radius 2 is 2.07 bits per heavy atom. The lowest BCUT2D eigenvalue weighted by Crippen LogP contribution is -2.16. The summed E-state index contributed by atoms with van der Waals surface area (Å²) in [5.74, 6) is 0. The lowest BCUT2D eigenvalue weighted by Gasteiger charge is -2.08. The van der Waals surface area contributed by atoms with Gasteiger partial charge in [0.05, 0.1) is 0 Å². The standard InChI is InChI=1S/C7H7ClF2N2O2S/c1-3-4(6(9)10)2-5(8)12-7(3)15(11,13)14/h2,6H,1H3,(H2,11,13,14). The van der Waals surface area contributed by atoms with Gasteiger partial charge in [-0.3, -0.25) is 0 Å². The molecule has 1 aromatic rings. The molecule has 8 heteroatoms. The van der Waals surface area contributed by atoms with Gasteiger partial charge in [0.2, 0.25) is 0 Å². The van der Waals surface area contributed by atoms with Crippen LogP contribution in [-0.4, -0.2) is 13.4 Å². The summed E-state index contributed by atoms with van der Waals surface area (Å²) in [6.07, 6.45) is -2.83. The molecule has 0 radical (unpaired) electrons. The topological polar surface area (TPSA) is 73.0 Å². The van der Waals surface area contributed by atoms with E-state index in [4.69, 9.17) is 16.7 Å². The van der Waals surface area contributed by atoms with E-state index in [2.05, 4.69) is 4.98 Å². The Kier molecular flexibility index (Phi) is 3.27. The highest BCUT2D eigenvalue weighted by atomic mass is 35.5. The molecule has 0 saturated heterocycles. The predicted octanol–water partition coefficient (Wildman–Crippen LogP) is 1.63. The van der Waals surface area contributed by atoms with Crippen LogP contribution in [-0.2, 0) is 10.0 Å². The molecule has 0 aliphatic heterocycles. The van der Waals surface area contributed by atoms with Crippen molar-refractivity contribution in [2.24, 2.45) is 5.14 Å². The Morgan fingerprint density at radius 1 is 1.53 bits per heavy atom. The number of aromatic nitrogens is 1. The molecule has 4 nitrogen and oxygen atoms in total. The normalized spacial score (nSPS) is 12.1. The third-order valence-electron chi connectivity index (χ3n) is 1.74. The maximum atomic E-state index is 12.5. The van der Waals surface area contributed by atoms with Crippen molar-refractivity contribution in [2.75, 3.05) is 0 Å². The maximum Gasteiger partial charge on any atom is 0.264 e. The molecule has 1 heterocycles. The molecule has 84 valence electrons. The highest BCUT2D eigenvalue weighted by Gasteiger charge is 2.21. The number of sulfonamides is 1. The van der Waals surface area contributed by atoms with Crippen LogP contribution >= 0.6 is 11.6 Å². The largest absolute Gasteiger partial charge is 0.264 e. The Bertz CT molecular complexity index is 490. The molecule has 15 heavy (non-hydrogen) atoms. The van der Waals surface area contributed by atoms with E-state index in [0.717, 1.165) is 6.07 Å². The van der Waals surface area contributed by atoms with Crippen LogP contribution in [0.4, 0.5) is 8.78 Å². The van der Waals surface area contributed by atoms with Crippen LogP contribution in [0.5, 0.6) is 0 Å².